The molecule has 1 aromatic rings. The van der Waals surface area contributed by atoms with Crippen LogP contribution in [-0.2, 0) is 28.5 Å². The van der Waals surface area contributed by atoms with Crippen LogP contribution in [0.3, 0.4) is 0 Å². The summed E-state index contributed by atoms with van der Waals surface area (Å²) in [6.45, 7) is 4.12. The molecule has 0 aliphatic rings. The Kier molecular flexibility index (Phi) is 8.11. The highest BCUT2D eigenvalue weighted by molar-refractivity contribution is 6.17. The fourth-order valence-corrected chi connectivity index (χ4v) is 2.03. The van der Waals surface area contributed by atoms with E-state index in [4.69, 9.17) is 18.9 Å². The van der Waals surface area contributed by atoms with Crippen molar-refractivity contribution < 1.29 is 28.5 Å². The first-order valence-electron chi connectivity index (χ1n) is 7.51. The van der Waals surface area contributed by atoms with Gasteiger partial charge in [-0.15, -0.1) is 0 Å². The van der Waals surface area contributed by atoms with Crippen LogP contribution in [-0.4, -0.2) is 39.4 Å². The van der Waals surface area contributed by atoms with E-state index in [0.717, 1.165) is 0 Å². The fourth-order valence-electron chi connectivity index (χ4n) is 2.03. The standard InChI is InChI=1S/C18H22O6/c1-5-23-16(11-17(19)24-6-2)14-10-8-7-9-13(14)15(12-21-3)18(20)22-4/h7-12H,5-6H2,1-4H3. The SMILES string of the molecule is CCOC(=O)C=C(OCC)c1ccccc1C(=COC)C(=O)OC. The van der Waals surface area contributed by atoms with E-state index in [2.05, 4.69) is 0 Å². The minimum atomic E-state index is -0.559. The molecule has 0 radical (unpaired) electrons. The Labute approximate surface area is 141 Å². The summed E-state index contributed by atoms with van der Waals surface area (Å²) >= 11 is 0. The van der Waals surface area contributed by atoms with Gasteiger partial charge in [-0.25, -0.2) is 9.59 Å². The zero-order valence-corrected chi connectivity index (χ0v) is 14.3. The molecule has 0 N–H and O–H groups in total. The average Bonchev–Trinajstić information content (AvgIpc) is 2.59. The summed E-state index contributed by atoms with van der Waals surface area (Å²) in [7, 11) is 2.72. The van der Waals surface area contributed by atoms with Crippen molar-refractivity contribution in [2.45, 2.75) is 13.8 Å². The molecule has 0 aliphatic heterocycles. The van der Waals surface area contributed by atoms with Gasteiger partial charge in [-0.3, -0.25) is 0 Å². The van der Waals surface area contributed by atoms with Crippen LogP contribution >= 0.6 is 0 Å². The molecule has 0 amide bonds. The van der Waals surface area contributed by atoms with Crippen molar-refractivity contribution >= 4 is 23.3 Å². The van der Waals surface area contributed by atoms with E-state index < -0.39 is 11.9 Å². The highest BCUT2D eigenvalue weighted by atomic mass is 16.5. The van der Waals surface area contributed by atoms with Crippen molar-refractivity contribution in [3.8, 4) is 0 Å². The number of hydrogen-bond acceptors (Lipinski definition) is 6. The molecule has 0 spiro atoms. The quantitative estimate of drug-likeness (QED) is 0.413. The van der Waals surface area contributed by atoms with Crippen molar-refractivity contribution in [3.63, 3.8) is 0 Å². The maximum Gasteiger partial charge on any atom is 0.341 e. The summed E-state index contributed by atoms with van der Waals surface area (Å²) in [5, 5.41) is 0. The van der Waals surface area contributed by atoms with E-state index in [-0.39, 0.29) is 12.2 Å². The topological polar surface area (TPSA) is 71.1 Å². The van der Waals surface area contributed by atoms with E-state index in [0.29, 0.717) is 23.5 Å². The van der Waals surface area contributed by atoms with Gasteiger partial charge in [-0.2, -0.15) is 0 Å². The van der Waals surface area contributed by atoms with Crippen molar-refractivity contribution in [1.29, 1.82) is 0 Å². The number of hydrogen-bond donors (Lipinski definition) is 0. The first-order valence-corrected chi connectivity index (χ1v) is 7.51. The Morgan fingerprint density at radius 1 is 1.00 bits per heavy atom. The third-order valence-corrected chi connectivity index (χ3v) is 2.96. The normalized spacial score (nSPS) is 11.7. The monoisotopic (exact) mass is 334 g/mol. The second kappa shape index (κ2) is 10.1. The Bertz CT molecular complexity index is 630. The molecule has 0 saturated heterocycles. The van der Waals surface area contributed by atoms with E-state index in [9.17, 15) is 9.59 Å². The number of esters is 2. The lowest BCUT2D eigenvalue weighted by atomic mass is 9.99. The molecule has 0 saturated carbocycles. The predicted octanol–water partition coefficient (Wildman–Crippen LogP) is 2.79. The van der Waals surface area contributed by atoms with Gasteiger partial charge in [0.2, 0.25) is 0 Å². The van der Waals surface area contributed by atoms with Crippen LogP contribution in [0, 0.1) is 0 Å². The summed E-state index contributed by atoms with van der Waals surface area (Å²) in [5.41, 5.74) is 1.29. The Morgan fingerprint density at radius 2 is 1.62 bits per heavy atom. The molecule has 6 heteroatoms. The van der Waals surface area contributed by atoms with Gasteiger partial charge in [-0.1, -0.05) is 24.3 Å². The maximum atomic E-state index is 12.0. The lowest BCUT2D eigenvalue weighted by molar-refractivity contribution is -0.137. The van der Waals surface area contributed by atoms with Crippen LogP contribution in [0.4, 0.5) is 0 Å². The molecule has 1 rings (SSSR count). The summed E-state index contributed by atoms with van der Waals surface area (Å²) in [5.74, 6) is -0.778. The zero-order chi connectivity index (χ0) is 17.9. The van der Waals surface area contributed by atoms with E-state index in [1.54, 1.807) is 38.1 Å². The molecule has 130 valence electrons. The van der Waals surface area contributed by atoms with E-state index >= 15 is 0 Å². The predicted molar refractivity (Wildman–Crippen MR) is 89.7 cm³/mol. The number of carbonyl (C=O) groups is 2. The minimum Gasteiger partial charge on any atom is -0.503 e. The molecule has 0 unspecified atom stereocenters. The van der Waals surface area contributed by atoms with Crippen LogP contribution in [0.1, 0.15) is 25.0 Å². The first-order chi connectivity index (χ1) is 11.6. The minimum absolute atomic E-state index is 0.213. The molecular formula is C18H22O6. The molecule has 24 heavy (non-hydrogen) atoms. The Hall–Kier alpha value is -2.76. The maximum absolute atomic E-state index is 12.0. The highest BCUT2D eigenvalue weighted by Gasteiger charge is 2.20. The van der Waals surface area contributed by atoms with Crippen molar-refractivity contribution in [1.82, 2.24) is 0 Å². The van der Waals surface area contributed by atoms with Gasteiger partial charge in [-0.05, 0) is 13.8 Å². The number of rotatable bonds is 8. The number of methoxy groups -OCH3 is 2. The third kappa shape index (κ3) is 5.15. The number of carbonyl (C=O) groups excluding carboxylic acids is 2. The summed E-state index contributed by atoms with van der Waals surface area (Å²) < 4.78 is 20.3. The highest BCUT2D eigenvalue weighted by Crippen LogP contribution is 2.27. The van der Waals surface area contributed by atoms with Gasteiger partial charge in [0.1, 0.15) is 11.3 Å². The fraction of sp³-hybridized carbons (Fsp3) is 0.333. The van der Waals surface area contributed by atoms with E-state index in [1.807, 2.05) is 0 Å². The van der Waals surface area contributed by atoms with Crippen LogP contribution in [0.25, 0.3) is 11.3 Å². The largest absolute Gasteiger partial charge is 0.503 e. The number of benzene rings is 1. The Morgan fingerprint density at radius 3 is 2.17 bits per heavy atom. The molecule has 0 aromatic heterocycles. The number of ether oxygens (including phenoxy) is 4. The van der Waals surface area contributed by atoms with Gasteiger partial charge in [0.05, 0.1) is 39.8 Å². The average molecular weight is 334 g/mol. The van der Waals surface area contributed by atoms with Crippen LogP contribution in [0.2, 0.25) is 0 Å². The second-order valence-corrected chi connectivity index (χ2v) is 4.50. The van der Waals surface area contributed by atoms with Crippen LogP contribution in [0.15, 0.2) is 36.6 Å². The molecule has 0 heterocycles. The van der Waals surface area contributed by atoms with Crippen LogP contribution in [0.5, 0.6) is 0 Å². The molecule has 1 aromatic carbocycles. The summed E-state index contributed by atoms with van der Waals surface area (Å²) in [4.78, 5) is 23.8. The Balaban J connectivity index is 3.43. The van der Waals surface area contributed by atoms with Crippen molar-refractivity contribution in [3.05, 3.63) is 47.7 Å². The lowest BCUT2D eigenvalue weighted by Crippen LogP contribution is -2.08. The second-order valence-electron chi connectivity index (χ2n) is 4.50. The van der Waals surface area contributed by atoms with Gasteiger partial charge in [0, 0.05) is 11.1 Å². The van der Waals surface area contributed by atoms with Crippen LogP contribution < -0.4 is 0 Å². The van der Waals surface area contributed by atoms with E-state index in [1.165, 1.54) is 26.6 Å². The third-order valence-electron chi connectivity index (χ3n) is 2.96. The molecule has 0 aliphatic carbocycles. The molecule has 0 fully saturated rings. The van der Waals surface area contributed by atoms with Gasteiger partial charge >= 0.3 is 11.9 Å². The molecular weight excluding hydrogens is 312 g/mol. The van der Waals surface area contributed by atoms with Crippen molar-refractivity contribution in [2.75, 3.05) is 27.4 Å². The smallest absolute Gasteiger partial charge is 0.341 e. The van der Waals surface area contributed by atoms with Crippen molar-refractivity contribution in [2.24, 2.45) is 0 Å². The van der Waals surface area contributed by atoms with Gasteiger partial charge < -0.3 is 18.9 Å². The molecule has 6 nitrogen and oxygen atoms in total. The molecule has 0 bridgehead atoms. The molecule has 0 atom stereocenters. The van der Waals surface area contributed by atoms with Gasteiger partial charge in [0.15, 0.2) is 0 Å². The summed E-state index contributed by atoms with van der Waals surface area (Å²) in [6.07, 6.45) is 2.55. The summed E-state index contributed by atoms with van der Waals surface area (Å²) in [6, 6.07) is 7.00. The zero-order valence-electron chi connectivity index (χ0n) is 14.3. The van der Waals surface area contributed by atoms with Gasteiger partial charge in [0.25, 0.3) is 0 Å². The first kappa shape index (κ1) is 19.3. The lowest BCUT2D eigenvalue weighted by Gasteiger charge is -2.14.